The maximum atomic E-state index is 3.68. The molecule has 0 aromatic carbocycles. The van der Waals surface area contributed by atoms with Gasteiger partial charge in [0.1, 0.15) is 0 Å². The molecule has 0 aromatic heterocycles. The third-order valence-corrected chi connectivity index (χ3v) is 1.63. The van der Waals surface area contributed by atoms with Gasteiger partial charge in [0, 0.05) is 6.26 Å². The summed E-state index contributed by atoms with van der Waals surface area (Å²) >= 11 is 1.65. The van der Waals surface area contributed by atoms with Crippen LogP contribution in [0, 0.1) is 6.26 Å². The minimum Gasteiger partial charge on any atom is -0.161 e. The van der Waals surface area contributed by atoms with Crippen LogP contribution in [-0.2, 0) is 0 Å². The van der Waals surface area contributed by atoms with Crippen molar-refractivity contribution >= 4 is 11.8 Å². The molecule has 0 nitrogen and oxygen atoms in total. The molecule has 0 heterocycles. The molecule has 0 atom stereocenters. The Hall–Kier alpha value is 0.0900. The molecule has 0 aliphatic carbocycles. The van der Waals surface area contributed by atoms with Gasteiger partial charge in [0.05, 0.1) is 0 Å². The topological polar surface area (TPSA) is 0 Å². The van der Waals surface area contributed by atoms with Crippen LogP contribution in [0.5, 0.6) is 0 Å². The Morgan fingerprint density at radius 1 is 1.75 bits per heavy atom. The number of allylic oxidation sites excluding steroid dienone is 2. The standard InChI is InChI=1S/C7H13S/c1-4-7(2)5-6-8-3/h4H,3,5-6H2,1-2H3/b7-4+. The van der Waals surface area contributed by atoms with E-state index >= 15 is 0 Å². The van der Waals surface area contributed by atoms with Gasteiger partial charge in [-0.05, 0) is 26.0 Å². The molecule has 47 valence electrons. The van der Waals surface area contributed by atoms with Gasteiger partial charge in [-0.1, -0.05) is 11.6 Å². The van der Waals surface area contributed by atoms with E-state index in [4.69, 9.17) is 0 Å². The summed E-state index contributed by atoms with van der Waals surface area (Å²) < 4.78 is 0. The number of hydrogen-bond donors (Lipinski definition) is 0. The van der Waals surface area contributed by atoms with Crippen LogP contribution in [-0.4, -0.2) is 5.75 Å². The summed E-state index contributed by atoms with van der Waals surface area (Å²) in [5, 5.41) is 0. The van der Waals surface area contributed by atoms with Crippen LogP contribution in [0.1, 0.15) is 20.3 Å². The zero-order chi connectivity index (χ0) is 6.41. The van der Waals surface area contributed by atoms with Gasteiger partial charge in [0.15, 0.2) is 0 Å². The lowest BCUT2D eigenvalue weighted by atomic mass is 10.2. The predicted molar refractivity (Wildman–Crippen MR) is 41.9 cm³/mol. The van der Waals surface area contributed by atoms with Crippen molar-refractivity contribution in [3.8, 4) is 0 Å². The molecule has 0 aliphatic rings. The molecule has 0 aromatic rings. The first kappa shape index (κ1) is 8.09. The van der Waals surface area contributed by atoms with Crippen LogP contribution in [0.2, 0.25) is 0 Å². The summed E-state index contributed by atoms with van der Waals surface area (Å²) in [6.45, 7) is 4.22. The summed E-state index contributed by atoms with van der Waals surface area (Å²) in [5.41, 5.74) is 1.46. The zero-order valence-electron chi connectivity index (χ0n) is 5.61. The highest BCUT2D eigenvalue weighted by Crippen LogP contribution is 2.05. The van der Waals surface area contributed by atoms with Crippen molar-refractivity contribution in [3.05, 3.63) is 17.9 Å². The van der Waals surface area contributed by atoms with Gasteiger partial charge in [-0.25, -0.2) is 0 Å². The molecule has 0 saturated heterocycles. The lowest BCUT2D eigenvalue weighted by Crippen LogP contribution is -1.77. The molecular weight excluding hydrogens is 116 g/mol. The summed E-state index contributed by atoms with van der Waals surface area (Å²) in [6, 6.07) is 0. The molecule has 0 fully saturated rings. The molecule has 0 aliphatic heterocycles. The zero-order valence-corrected chi connectivity index (χ0v) is 6.42. The molecule has 0 saturated carbocycles. The minimum atomic E-state index is 1.15. The highest BCUT2D eigenvalue weighted by atomic mass is 32.2. The Balaban J connectivity index is 3.12. The van der Waals surface area contributed by atoms with Gasteiger partial charge >= 0.3 is 0 Å². The van der Waals surface area contributed by atoms with E-state index in [2.05, 4.69) is 26.2 Å². The monoisotopic (exact) mass is 129 g/mol. The van der Waals surface area contributed by atoms with Crippen molar-refractivity contribution < 1.29 is 0 Å². The third kappa shape index (κ3) is 4.25. The SMILES string of the molecule is [CH2]SCC/C(C)=C/C. The second-order valence-corrected chi connectivity index (χ2v) is 2.61. The van der Waals surface area contributed by atoms with Crippen molar-refractivity contribution in [2.75, 3.05) is 5.75 Å². The number of thioether (sulfide) groups is 1. The Labute approximate surface area is 56.4 Å². The summed E-state index contributed by atoms with van der Waals surface area (Å²) in [5.74, 6) is 1.15. The normalized spacial score (nSPS) is 12.1. The molecule has 0 spiro atoms. The van der Waals surface area contributed by atoms with Gasteiger partial charge in [0.25, 0.3) is 0 Å². The van der Waals surface area contributed by atoms with Crippen LogP contribution >= 0.6 is 11.8 Å². The van der Waals surface area contributed by atoms with E-state index in [9.17, 15) is 0 Å². The average Bonchev–Trinajstić information content (AvgIpc) is 1.83. The maximum Gasteiger partial charge on any atom is 0.00237 e. The van der Waals surface area contributed by atoms with Crippen LogP contribution < -0.4 is 0 Å². The van der Waals surface area contributed by atoms with Crippen molar-refractivity contribution in [2.45, 2.75) is 20.3 Å². The molecule has 0 rings (SSSR count). The fraction of sp³-hybridized carbons (Fsp3) is 0.571. The lowest BCUT2D eigenvalue weighted by molar-refractivity contribution is 1.11. The summed E-state index contributed by atoms with van der Waals surface area (Å²) in [4.78, 5) is 0. The highest BCUT2D eigenvalue weighted by Gasteiger charge is 1.84. The molecule has 0 unspecified atom stereocenters. The maximum absolute atomic E-state index is 3.68. The first-order valence-electron chi connectivity index (χ1n) is 2.80. The number of rotatable bonds is 3. The van der Waals surface area contributed by atoms with Gasteiger partial charge in [-0.15, -0.1) is 0 Å². The molecule has 0 amide bonds. The minimum absolute atomic E-state index is 1.15. The number of hydrogen-bond acceptors (Lipinski definition) is 1. The van der Waals surface area contributed by atoms with E-state index in [0.29, 0.717) is 0 Å². The molecule has 1 radical (unpaired) electrons. The molecule has 0 bridgehead atoms. The molecule has 8 heavy (non-hydrogen) atoms. The van der Waals surface area contributed by atoms with E-state index in [1.54, 1.807) is 11.8 Å². The van der Waals surface area contributed by atoms with E-state index in [0.717, 1.165) is 5.75 Å². The molecular formula is C7H13S. The first-order chi connectivity index (χ1) is 3.81. The lowest BCUT2D eigenvalue weighted by Gasteiger charge is -1.94. The van der Waals surface area contributed by atoms with E-state index < -0.39 is 0 Å². The smallest absolute Gasteiger partial charge is 0.00237 e. The third-order valence-electron chi connectivity index (χ3n) is 1.13. The summed E-state index contributed by atoms with van der Waals surface area (Å²) in [6.07, 6.45) is 7.02. The van der Waals surface area contributed by atoms with Gasteiger partial charge in [-0.3, -0.25) is 0 Å². The van der Waals surface area contributed by atoms with Gasteiger partial charge in [0.2, 0.25) is 0 Å². The van der Waals surface area contributed by atoms with Crippen molar-refractivity contribution in [2.24, 2.45) is 0 Å². The van der Waals surface area contributed by atoms with Crippen LogP contribution in [0.15, 0.2) is 11.6 Å². The second-order valence-electron chi connectivity index (χ2n) is 1.79. The van der Waals surface area contributed by atoms with Crippen LogP contribution in [0.25, 0.3) is 0 Å². The largest absolute Gasteiger partial charge is 0.161 e. The Kier molecular flexibility index (Phi) is 5.29. The fourth-order valence-corrected chi connectivity index (χ4v) is 0.844. The highest BCUT2D eigenvalue weighted by molar-refractivity contribution is 8.00. The van der Waals surface area contributed by atoms with Crippen molar-refractivity contribution in [3.63, 3.8) is 0 Å². The molecule has 0 N–H and O–H groups in total. The Morgan fingerprint density at radius 3 is 2.75 bits per heavy atom. The van der Waals surface area contributed by atoms with Gasteiger partial charge in [-0.2, -0.15) is 11.8 Å². The first-order valence-corrected chi connectivity index (χ1v) is 3.95. The van der Waals surface area contributed by atoms with Gasteiger partial charge < -0.3 is 0 Å². The van der Waals surface area contributed by atoms with Crippen LogP contribution in [0.3, 0.4) is 0 Å². The Morgan fingerprint density at radius 2 is 2.38 bits per heavy atom. The fourth-order valence-electron chi connectivity index (χ4n) is 0.377. The van der Waals surface area contributed by atoms with E-state index in [1.165, 1.54) is 12.0 Å². The summed E-state index contributed by atoms with van der Waals surface area (Å²) in [7, 11) is 0. The Bertz CT molecular complexity index is 74.5. The van der Waals surface area contributed by atoms with Crippen LogP contribution in [0.4, 0.5) is 0 Å². The molecule has 1 heteroatoms. The quantitative estimate of drug-likeness (QED) is 0.528. The van der Waals surface area contributed by atoms with E-state index in [1.807, 2.05) is 0 Å². The van der Waals surface area contributed by atoms with Crippen molar-refractivity contribution in [1.29, 1.82) is 0 Å². The second kappa shape index (κ2) is 5.23. The predicted octanol–water partition coefficient (Wildman–Crippen LogP) is 2.87. The van der Waals surface area contributed by atoms with Crippen molar-refractivity contribution in [1.82, 2.24) is 0 Å². The van der Waals surface area contributed by atoms with E-state index in [-0.39, 0.29) is 0 Å². The average molecular weight is 129 g/mol.